The summed E-state index contributed by atoms with van der Waals surface area (Å²) in [6.45, 7) is 10.8. The molecule has 0 aromatic carbocycles. The zero-order chi connectivity index (χ0) is 21.0. The summed E-state index contributed by atoms with van der Waals surface area (Å²) in [7, 11) is -0.877. The zero-order valence-electron chi connectivity index (χ0n) is 19.3. The highest BCUT2D eigenvalue weighted by Crippen LogP contribution is 2.41. The maximum absolute atomic E-state index is 12.9. The van der Waals surface area contributed by atoms with E-state index in [1.807, 2.05) is 6.92 Å². The highest BCUT2D eigenvalue weighted by molar-refractivity contribution is 7.85. The van der Waals surface area contributed by atoms with Crippen LogP contribution in [0.5, 0.6) is 0 Å². The molecule has 0 saturated heterocycles. The molecule has 28 heavy (non-hydrogen) atoms. The van der Waals surface area contributed by atoms with Crippen LogP contribution in [0.3, 0.4) is 0 Å². The molecule has 164 valence electrons. The van der Waals surface area contributed by atoms with Gasteiger partial charge in [0.15, 0.2) is 0 Å². The molecule has 0 bridgehead atoms. The van der Waals surface area contributed by atoms with Crippen molar-refractivity contribution in [3.05, 3.63) is 12.2 Å². The third kappa shape index (κ3) is 9.37. The topological polar surface area (TPSA) is 34.1 Å². The fourth-order valence-electron chi connectivity index (χ4n) is 4.70. The first kappa shape index (κ1) is 25.6. The van der Waals surface area contributed by atoms with E-state index in [9.17, 15) is 9.00 Å². The van der Waals surface area contributed by atoms with Crippen molar-refractivity contribution in [1.29, 1.82) is 0 Å². The third-order valence-electron chi connectivity index (χ3n) is 6.43. The largest absolute Gasteiger partial charge is 0.299 e. The minimum absolute atomic E-state index is 0.0139. The van der Waals surface area contributed by atoms with Gasteiger partial charge in [0.25, 0.3) is 0 Å². The number of carbonyl (C=O) groups is 1. The van der Waals surface area contributed by atoms with Gasteiger partial charge in [0.2, 0.25) is 0 Å². The average molecular weight is 411 g/mol. The van der Waals surface area contributed by atoms with Gasteiger partial charge in [-0.25, -0.2) is 0 Å². The van der Waals surface area contributed by atoms with E-state index in [0.717, 1.165) is 18.6 Å². The Balaban J connectivity index is 2.19. The number of hydrogen-bond acceptors (Lipinski definition) is 2. The molecular weight excluding hydrogens is 364 g/mol. The van der Waals surface area contributed by atoms with Gasteiger partial charge < -0.3 is 0 Å². The highest BCUT2D eigenvalue weighted by atomic mass is 32.2. The molecular formula is C25H46O2S. The monoisotopic (exact) mass is 410 g/mol. The second-order valence-corrected chi connectivity index (χ2v) is 11.7. The minimum Gasteiger partial charge on any atom is -0.299 e. The molecule has 0 radical (unpaired) electrons. The van der Waals surface area contributed by atoms with E-state index in [1.54, 1.807) is 0 Å². The van der Waals surface area contributed by atoms with E-state index >= 15 is 0 Å². The Morgan fingerprint density at radius 1 is 1.04 bits per heavy atom. The van der Waals surface area contributed by atoms with E-state index in [1.165, 1.54) is 57.8 Å². The van der Waals surface area contributed by atoms with Crippen LogP contribution in [0.15, 0.2) is 12.2 Å². The molecule has 0 aliphatic heterocycles. The standard InChI is InChI=1S/C25H46O2S/c1-6-7-8-9-10-11-12-13-14-15-19-28(27)22(3)20-23(26)24-21(2)17-16-18-25(24,4)5/h16-17,21-22,24H,6-15,18-20H2,1-5H3/t21-,22?,24-,28?/m1/s1. The van der Waals surface area contributed by atoms with Crippen LogP contribution in [0.4, 0.5) is 0 Å². The molecule has 0 heterocycles. The van der Waals surface area contributed by atoms with Crippen molar-refractivity contribution in [2.24, 2.45) is 17.3 Å². The van der Waals surface area contributed by atoms with E-state index < -0.39 is 10.8 Å². The molecule has 1 aliphatic carbocycles. The van der Waals surface area contributed by atoms with Gasteiger partial charge in [0.1, 0.15) is 5.78 Å². The second-order valence-electron chi connectivity index (χ2n) is 9.71. The summed E-state index contributed by atoms with van der Waals surface area (Å²) >= 11 is 0. The molecule has 0 amide bonds. The Bertz CT molecular complexity index is 495. The highest BCUT2D eigenvalue weighted by Gasteiger charge is 2.39. The van der Waals surface area contributed by atoms with Crippen LogP contribution in [0.25, 0.3) is 0 Å². The van der Waals surface area contributed by atoms with Gasteiger partial charge in [-0.15, -0.1) is 0 Å². The number of unbranched alkanes of at least 4 members (excludes halogenated alkanes) is 9. The van der Waals surface area contributed by atoms with Crippen LogP contribution in [-0.2, 0) is 15.6 Å². The molecule has 3 heteroatoms. The van der Waals surface area contributed by atoms with Crippen LogP contribution in [-0.4, -0.2) is 21.0 Å². The van der Waals surface area contributed by atoms with Crippen molar-refractivity contribution in [1.82, 2.24) is 0 Å². The smallest absolute Gasteiger partial charge is 0.138 e. The third-order valence-corrected chi connectivity index (χ3v) is 8.19. The Kier molecular flexibility index (Phi) is 12.5. The summed E-state index contributed by atoms with van der Waals surface area (Å²) in [5.74, 6) is 1.42. The molecule has 0 saturated carbocycles. The lowest BCUT2D eigenvalue weighted by atomic mass is 9.65. The predicted molar refractivity (Wildman–Crippen MR) is 124 cm³/mol. The van der Waals surface area contributed by atoms with Gasteiger partial charge >= 0.3 is 0 Å². The van der Waals surface area contributed by atoms with Gasteiger partial charge in [0.05, 0.1) is 0 Å². The summed E-state index contributed by atoms with van der Waals surface area (Å²) < 4.78 is 12.6. The quantitative estimate of drug-likeness (QED) is 0.210. The lowest BCUT2D eigenvalue weighted by molar-refractivity contribution is -0.128. The summed E-state index contributed by atoms with van der Waals surface area (Å²) in [6.07, 6.45) is 18.8. The van der Waals surface area contributed by atoms with E-state index in [4.69, 9.17) is 0 Å². The Labute approximate surface area is 177 Å². The Morgan fingerprint density at radius 2 is 1.57 bits per heavy atom. The van der Waals surface area contributed by atoms with E-state index in [0.29, 0.717) is 18.1 Å². The lowest BCUT2D eigenvalue weighted by Crippen LogP contribution is -2.38. The normalized spacial score (nSPS) is 23.5. The van der Waals surface area contributed by atoms with Crippen molar-refractivity contribution in [2.75, 3.05) is 5.75 Å². The molecule has 1 aliphatic rings. The average Bonchev–Trinajstić information content (AvgIpc) is 2.62. The maximum Gasteiger partial charge on any atom is 0.138 e. The predicted octanol–water partition coefficient (Wildman–Crippen LogP) is 7.24. The molecule has 0 aromatic rings. The van der Waals surface area contributed by atoms with Crippen molar-refractivity contribution in [3.8, 4) is 0 Å². The number of rotatable bonds is 15. The molecule has 0 fully saturated rings. The number of Topliss-reactive ketones (excluding diaryl/α,β-unsaturated/α-hetero) is 1. The Morgan fingerprint density at radius 3 is 2.11 bits per heavy atom. The van der Waals surface area contributed by atoms with Gasteiger partial charge in [0, 0.05) is 34.1 Å². The van der Waals surface area contributed by atoms with E-state index in [-0.39, 0.29) is 16.6 Å². The second kappa shape index (κ2) is 13.7. The van der Waals surface area contributed by atoms with Gasteiger partial charge in [-0.2, -0.15) is 0 Å². The lowest BCUT2D eigenvalue weighted by Gasteiger charge is -2.39. The van der Waals surface area contributed by atoms with Crippen molar-refractivity contribution >= 4 is 16.6 Å². The number of allylic oxidation sites excluding steroid dienone is 2. The molecule has 1 rings (SSSR count). The number of hydrogen-bond donors (Lipinski definition) is 0. The Hall–Kier alpha value is -0.440. The maximum atomic E-state index is 12.9. The van der Waals surface area contributed by atoms with Crippen LogP contribution in [0, 0.1) is 17.3 Å². The molecule has 4 atom stereocenters. The van der Waals surface area contributed by atoms with Crippen molar-refractivity contribution in [3.63, 3.8) is 0 Å². The molecule has 0 N–H and O–H groups in total. The molecule has 2 nitrogen and oxygen atoms in total. The molecule has 0 spiro atoms. The first-order valence-corrected chi connectivity index (χ1v) is 13.2. The van der Waals surface area contributed by atoms with Gasteiger partial charge in [-0.1, -0.05) is 105 Å². The fraction of sp³-hybridized carbons (Fsp3) is 0.880. The number of carbonyl (C=O) groups excluding carboxylic acids is 1. The van der Waals surface area contributed by atoms with Crippen LogP contribution < -0.4 is 0 Å². The zero-order valence-corrected chi connectivity index (χ0v) is 20.1. The molecule has 0 aromatic heterocycles. The van der Waals surface area contributed by atoms with Crippen LogP contribution in [0.1, 0.15) is 112 Å². The van der Waals surface area contributed by atoms with Gasteiger partial charge in [-0.05, 0) is 24.2 Å². The van der Waals surface area contributed by atoms with Crippen LogP contribution in [0.2, 0.25) is 0 Å². The summed E-state index contributed by atoms with van der Waals surface area (Å²) in [6, 6.07) is 0. The number of ketones is 1. The first-order chi connectivity index (χ1) is 13.3. The fourth-order valence-corrected chi connectivity index (χ4v) is 5.94. The van der Waals surface area contributed by atoms with Crippen molar-refractivity contribution < 1.29 is 9.00 Å². The summed E-state index contributed by atoms with van der Waals surface area (Å²) in [5, 5.41) is -0.0139. The van der Waals surface area contributed by atoms with Gasteiger partial charge in [-0.3, -0.25) is 9.00 Å². The van der Waals surface area contributed by atoms with Crippen LogP contribution >= 0.6 is 0 Å². The summed E-state index contributed by atoms with van der Waals surface area (Å²) in [4.78, 5) is 12.9. The first-order valence-electron chi connectivity index (χ1n) is 11.9. The van der Waals surface area contributed by atoms with E-state index in [2.05, 4.69) is 39.8 Å². The summed E-state index contributed by atoms with van der Waals surface area (Å²) in [5.41, 5.74) is 0.0169. The molecule has 2 unspecified atom stereocenters. The minimum atomic E-state index is -0.877. The SMILES string of the molecule is CCCCCCCCCCCCS(=O)C(C)CC(=O)[C@H]1[C@H](C)C=CCC1(C)C. The van der Waals surface area contributed by atoms with Crippen molar-refractivity contribution in [2.45, 2.75) is 117 Å².